The summed E-state index contributed by atoms with van der Waals surface area (Å²) in [6, 6.07) is 2.68. The maximum atomic E-state index is 11.1. The summed E-state index contributed by atoms with van der Waals surface area (Å²) in [7, 11) is 0. The Labute approximate surface area is 90.0 Å². The molecule has 1 amide bonds. The zero-order valence-electron chi connectivity index (χ0n) is 6.80. The second-order valence-electron chi connectivity index (χ2n) is 2.36. The highest BCUT2D eigenvalue weighted by atomic mass is 35.5. The van der Waals surface area contributed by atoms with Gasteiger partial charge in [-0.05, 0) is 12.1 Å². The first-order valence-electron chi connectivity index (χ1n) is 3.49. The average Bonchev–Trinajstić information content (AvgIpc) is 2.21. The number of carbonyl (C=O) groups is 1. The largest absolute Gasteiger partial charge is 0.290 e. The molecule has 6 heteroatoms. The van der Waals surface area contributed by atoms with Crippen LogP contribution in [0.15, 0.2) is 12.1 Å². The van der Waals surface area contributed by atoms with Gasteiger partial charge in [0.05, 0.1) is 15.6 Å². The van der Waals surface area contributed by atoms with Gasteiger partial charge < -0.3 is 0 Å². The fourth-order valence-corrected chi connectivity index (χ4v) is 1.34. The number of nitrogen functional groups attached to an aromatic ring is 1. The summed E-state index contributed by atoms with van der Waals surface area (Å²) in [5.74, 6) is 4.34. The first-order valence-corrected chi connectivity index (χ1v) is 4.24. The van der Waals surface area contributed by atoms with Crippen molar-refractivity contribution in [3.05, 3.63) is 33.3 Å². The number of amides is 1. The predicted octanol–water partition coefficient (Wildman–Crippen LogP) is 1.05. The van der Waals surface area contributed by atoms with Crippen molar-refractivity contribution in [2.75, 3.05) is 0 Å². The number of carbonyl (C=O) groups excluding carboxylic acids is 2. The van der Waals surface area contributed by atoms with Crippen molar-refractivity contribution < 1.29 is 9.59 Å². The van der Waals surface area contributed by atoms with Crippen LogP contribution in [0.3, 0.4) is 0 Å². The Morgan fingerprint density at radius 2 is 2.00 bits per heavy atom. The Kier molecular flexibility index (Phi) is 3.46. The van der Waals surface area contributed by atoms with E-state index in [-0.39, 0.29) is 21.2 Å². The maximum Gasteiger partial charge on any atom is 0.266 e. The number of halogens is 2. The molecule has 4 nitrogen and oxygen atoms in total. The zero-order valence-corrected chi connectivity index (χ0v) is 8.32. The van der Waals surface area contributed by atoms with Gasteiger partial charge in [0.15, 0.2) is 0 Å². The monoisotopic (exact) mass is 231 g/mol. The summed E-state index contributed by atoms with van der Waals surface area (Å²) in [6.45, 7) is 0. The molecule has 0 saturated carbocycles. The first-order chi connectivity index (χ1) is 6.61. The maximum absolute atomic E-state index is 11.1. The molecular weight excluding hydrogens is 227 g/mol. The van der Waals surface area contributed by atoms with Gasteiger partial charge in [0.2, 0.25) is 6.29 Å². The van der Waals surface area contributed by atoms with E-state index in [9.17, 15) is 9.59 Å². The molecule has 0 unspecified atom stereocenters. The smallest absolute Gasteiger partial charge is 0.266 e. The van der Waals surface area contributed by atoms with Crippen molar-refractivity contribution in [3.63, 3.8) is 0 Å². The summed E-state index contributed by atoms with van der Waals surface area (Å²) in [6.07, 6.45) is 1.59. The second kappa shape index (κ2) is 4.41. The van der Waals surface area contributed by atoms with E-state index in [0.717, 1.165) is 0 Å². The molecule has 0 aliphatic rings. The van der Waals surface area contributed by atoms with Gasteiger partial charge in [-0.3, -0.25) is 15.0 Å². The van der Waals surface area contributed by atoms with Crippen molar-refractivity contribution >= 4 is 35.4 Å². The highest BCUT2D eigenvalue weighted by molar-refractivity contribution is 6.45. The average molecular weight is 232 g/mol. The van der Waals surface area contributed by atoms with Gasteiger partial charge >= 0.3 is 0 Å². The molecule has 14 heavy (non-hydrogen) atoms. The van der Waals surface area contributed by atoms with E-state index in [4.69, 9.17) is 29.0 Å². The fraction of sp³-hybridized carbons (Fsp3) is 0. The lowest BCUT2D eigenvalue weighted by molar-refractivity contribution is 0.0954. The number of nitrogens with two attached hydrogens (primary N) is 1. The number of nitrogens with one attached hydrogen (secondary N) is 1. The predicted molar refractivity (Wildman–Crippen MR) is 52.9 cm³/mol. The van der Waals surface area contributed by atoms with Crippen LogP contribution in [0.2, 0.25) is 10.0 Å². The minimum absolute atomic E-state index is 0.0113. The Bertz CT molecular complexity index is 393. The van der Waals surface area contributed by atoms with Crippen molar-refractivity contribution in [1.29, 1.82) is 0 Å². The van der Waals surface area contributed by atoms with Crippen LogP contribution >= 0.6 is 23.2 Å². The first kappa shape index (κ1) is 11.0. The third-order valence-electron chi connectivity index (χ3n) is 1.57. The number of benzene rings is 1. The molecule has 1 aromatic rings. The number of hydrogen-bond donors (Lipinski definition) is 2. The molecule has 0 aliphatic heterocycles. The highest BCUT2D eigenvalue weighted by Gasteiger charge is 2.14. The molecule has 0 bridgehead atoms. The molecule has 1 radical (unpaired) electrons. The van der Waals surface area contributed by atoms with Crippen molar-refractivity contribution in [3.8, 4) is 0 Å². The summed E-state index contributed by atoms with van der Waals surface area (Å²) in [5.41, 5.74) is 2.12. The number of rotatable bonds is 2. The van der Waals surface area contributed by atoms with Crippen LogP contribution in [-0.4, -0.2) is 12.2 Å². The molecule has 73 valence electrons. The third-order valence-corrected chi connectivity index (χ3v) is 2.45. The molecule has 0 heterocycles. The number of hydrogen-bond acceptors (Lipinski definition) is 3. The molecule has 0 saturated heterocycles. The van der Waals surface area contributed by atoms with Crippen LogP contribution in [0.25, 0.3) is 0 Å². The molecule has 1 aromatic carbocycles. The van der Waals surface area contributed by atoms with E-state index < -0.39 is 5.91 Å². The van der Waals surface area contributed by atoms with Crippen LogP contribution in [0.1, 0.15) is 15.9 Å². The van der Waals surface area contributed by atoms with Crippen molar-refractivity contribution in [2.45, 2.75) is 0 Å². The Morgan fingerprint density at radius 3 is 2.50 bits per heavy atom. The Hall–Kier alpha value is -1.10. The molecule has 0 aliphatic carbocycles. The van der Waals surface area contributed by atoms with Gasteiger partial charge in [-0.2, -0.15) is 0 Å². The van der Waals surface area contributed by atoms with E-state index >= 15 is 0 Å². The van der Waals surface area contributed by atoms with Crippen LogP contribution in [0.5, 0.6) is 0 Å². The molecular formula is C8H5Cl2N2O2. The van der Waals surface area contributed by atoms with Gasteiger partial charge in [0.25, 0.3) is 5.91 Å². The SMILES string of the molecule is NNC(=O)c1ccc([C]=O)c(Cl)c1Cl. The van der Waals surface area contributed by atoms with Crippen LogP contribution < -0.4 is 11.3 Å². The summed E-state index contributed by atoms with van der Waals surface area (Å²) < 4.78 is 0. The van der Waals surface area contributed by atoms with E-state index in [2.05, 4.69) is 0 Å². The van der Waals surface area contributed by atoms with E-state index in [1.807, 2.05) is 5.43 Å². The van der Waals surface area contributed by atoms with Crippen LogP contribution in [0, 0.1) is 0 Å². The van der Waals surface area contributed by atoms with Crippen molar-refractivity contribution in [1.82, 2.24) is 5.43 Å². The summed E-state index contributed by atoms with van der Waals surface area (Å²) in [4.78, 5) is 21.4. The van der Waals surface area contributed by atoms with E-state index in [1.165, 1.54) is 12.1 Å². The van der Waals surface area contributed by atoms with E-state index in [1.54, 1.807) is 6.29 Å². The van der Waals surface area contributed by atoms with Gasteiger partial charge in [0.1, 0.15) is 0 Å². The van der Waals surface area contributed by atoms with Gasteiger partial charge in [-0.25, -0.2) is 5.84 Å². The normalized spacial score (nSPS) is 9.64. The highest BCUT2D eigenvalue weighted by Crippen LogP contribution is 2.28. The fourth-order valence-electron chi connectivity index (χ4n) is 0.881. The lowest BCUT2D eigenvalue weighted by Crippen LogP contribution is -2.30. The lowest BCUT2D eigenvalue weighted by atomic mass is 10.1. The van der Waals surface area contributed by atoms with Crippen molar-refractivity contribution in [2.24, 2.45) is 5.84 Å². The molecule has 0 fully saturated rings. The summed E-state index contributed by atoms with van der Waals surface area (Å²) >= 11 is 11.4. The summed E-state index contributed by atoms with van der Waals surface area (Å²) in [5, 5.41) is -0.0294. The van der Waals surface area contributed by atoms with E-state index in [0.29, 0.717) is 0 Å². The lowest BCUT2D eigenvalue weighted by Gasteiger charge is -2.05. The van der Waals surface area contributed by atoms with Gasteiger partial charge in [-0.15, -0.1) is 0 Å². The molecule has 1 rings (SSSR count). The van der Waals surface area contributed by atoms with Crippen LogP contribution in [0.4, 0.5) is 0 Å². The van der Waals surface area contributed by atoms with Gasteiger partial charge in [-0.1, -0.05) is 23.2 Å². The third kappa shape index (κ3) is 1.87. The van der Waals surface area contributed by atoms with Gasteiger partial charge in [0, 0.05) is 5.56 Å². The molecule has 0 spiro atoms. The second-order valence-corrected chi connectivity index (χ2v) is 3.12. The Balaban J connectivity index is 3.30. The zero-order chi connectivity index (χ0) is 10.7. The number of hydrazine groups is 1. The standard InChI is InChI=1S/C8H5Cl2N2O2/c9-6-4(3-13)1-2-5(7(6)10)8(14)12-11/h1-2H,11H2,(H,12,14). The minimum Gasteiger partial charge on any atom is -0.290 e. The quantitative estimate of drug-likeness (QED) is 0.454. The van der Waals surface area contributed by atoms with Crippen LogP contribution in [-0.2, 0) is 4.79 Å². The minimum atomic E-state index is -0.575. The molecule has 3 N–H and O–H groups in total. The Morgan fingerprint density at radius 1 is 1.36 bits per heavy atom. The molecule has 0 aromatic heterocycles. The molecule has 0 atom stereocenters. The topological polar surface area (TPSA) is 72.2 Å².